The molecule has 148 valence electrons. The van der Waals surface area contributed by atoms with Crippen molar-refractivity contribution in [1.82, 2.24) is 25.7 Å². The summed E-state index contributed by atoms with van der Waals surface area (Å²) in [6.45, 7) is 8.90. The van der Waals surface area contributed by atoms with E-state index in [0.29, 0.717) is 18.8 Å². The highest BCUT2D eigenvalue weighted by Crippen LogP contribution is 2.07. The third kappa shape index (κ3) is 6.47. The third-order valence-corrected chi connectivity index (χ3v) is 4.17. The number of hydrogen-bond donors (Lipinski definition) is 3. The summed E-state index contributed by atoms with van der Waals surface area (Å²) in [7, 11) is 1.75. The van der Waals surface area contributed by atoms with Crippen molar-refractivity contribution >= 4 is 11.9 Å². The highest BCUT2D eigenvalue weighted by molar-refractivity contribution is 5.92. The number of aliphatic imine (C=N–C) groups is 1. The van der Waals surface area contributed by atoms with Crippen LogP contribution in [0.5, 0.6) is 0 Å². The molecular formula is C19H30N6O2. The Hall–Kier alpha value is -2.77. The topological polar surface area (TPSA) is 96.5 Å². The van der Waals surface area contributed by atoms with Crippen molar-refractivity contribution in [2.45, 2.75) is 40.2 Å². The molecule has 0 bridgehead atoms. The Morgan fingerprint density at radius 1 is 1.15 bits per heavy atom. The van der Waals surface area contributed by atoms with Crippen LogP contribution >= 0.6 is 0 Å². The molecule has 0 spiro atoms. The number of guanidine groups is 1. The van der Waals surface area contributed by atoms with Gasteiger partial charge in [-0.2, -0.15) is 5.10 Å². The van der Waals surface area contributed by atoms with Crippen LogP contribution < -0.4 is 16.0 Å². The first kappa shape index (κ1) is 20.5. The molecule has 3 N–H and O–H groups in total. The molecular weight excluding hydrogens is 344 g/mol. The second-order valence-electron chi connectivity index (χ2n) is 6.47. The van der Waals surface area contributed by atoms with Crippen LogP contribution in [0.25, 0.3) is 0 Å². The monoisotopic (exact) mass is 374 g/mol. The maximum absolute atomic E-state index is 11.9. The maximum atomic E-state index is 11.9. The SMILES string of the molecule is CN=C(NCCCNC(=O)c1occc1C)NCCCn1nc(C)cc1C. The molecule has 2 rings (SSSR count). The minimum Gasteiger partial charge on any atom is -0.459 e. The first-order valence-corrected chi connectivity index (χ1v) is 9.29. The van der Waals surface area contributed by atoms with Gasteiger partial charge in [0.05, 0.1) is 12.0 Å². The lowest BCUT2D eigenvalue weighted by Gasteiger charge is -2.12. The zero-order chi connectivity index (χ0) is 19.6. The van der Waals surface area contributed by atoms with E-state index in [9.17, 15) is 4.79 Å². The average molecular weight is 374 g/mol. The van der Waals surface area contributed by atoms with Crippen molar-refractivity contribution in [1.29, 1.82) is 0 Å². The van der Waals surface area contributed by atoms with E-state index in [1.54, 1.807) is 13.1 Å². The molecule has 0 aliphatic heterocycles. The third-order valence-electron chi connectivity index (χ3n) is 4.17. The molecule has 2 heterocycles. The Labute approximate surface area is 160 Å². The minimum absolute atomic E-state index is 0.177. The fraction of sp³-hybridized carbons (Fsp3) is 0.526. The van der Waals surface area contributed by atoms with Gasteiger partial charge in [0.15, 0.2) is 11.7 Å². The number of aryl methyl sites for hydroxylation is 4. The lowest BCUT2D eigenvalue weighted by molar-refractivity contribution is 0.0925. The number of nitrogens with one attached hydrogen (secondary N) is 3. The summed E-state index contributed by atoms with van der Waals surface area (Å²) >= 11 is 0. The number of rotatable bonds is 9. The summed E-state index contributed by atoms with van der Waals surface area (Å²) in [4.78, 5) is 16.1. The minimum atomic E-state index is -0.177. The summed E-state index contributed by atoms with van der Waals surface area (Å²) in [6, 6.07) is 3.86. The van der Waals surface area contributed by atoms with Crippen LogP contribution in [-0.4, -0.2) is 48.3 Å². The molecule has 1 amide bonds. The second kappa shape index (κ2) is 10.4. The Morgan fingerprint density at radius 3 is 2.44 bits per heavy atom. The molecule has 0 unspecified atom stereocenters. The van der Waals surface area contributed by atoms with Crippen LogP contribution in [0.3, 0.4) is 0 Å². The van der Waals surface area contributed by atoms with Gasteiger partial charge in [-0.05, 0) is 45.7 Å². The van der Waals surface area contributed by atoms with Gasteiger partial charge in [0, 0.05) is 44.5 Å². The molecule has 0 aliphatic rings. The highest BCUT2D eigenvalue weighted by Gasteiger charge is 2.11. The van der Waals surface area contributed by atoms with E-state index in [-0.39, 0.29) is 5.91 Å². The van der Waals surface area contributed by atoms with Crippen molar-refractivity contribution in [2.75, 3.05) is 26.7 Å². The molecule has 27 heavy (non-hydrogen) atoms. The first-order valence-electron chi connectivity index (χ1n) is 9.29. The lowest BCUT2D eigenvalue weighted by Crippen LogP contribution is -2.39. The number of furan rings is 1. The Kier molecular flexibility index (Phi) is 7.91. The summed E-state index contributed by atoms with van der Waals surface area (Å²) in [6.07, 6.45) is 3.27. The maximum Gasteiger partial charge on any atom is 0.287 e. The standard InChI is InChI=1S/C19H30N6O2/c1-14-7-12-27-17(14)18(26)21-8-5-9-22-19(20-4)23-10-6-11-25-16(3)13-15(2)24-25/h7,12-13H,5-6,8-11H2,1-4H3,(H,21,26)(H2,20,22,23). The van der Waals surface area contributed by atoms with Crippen molar-refractivity contribution < 1.29 is 9.21 Å². The molecule has 0 fully saturated rings. The molecule has 0 aromatic carbocycles. The fourth-order valence-electron chi connectivity index (χ4n) is 2.74. The van der Waals surface area contributed by atoms with Crippen molar-refractivity contribution in [2.24, 2.45) is 4.99 Å². The molecule has 0 saturated heterocycles. The van der Waals surface area contributed by atoms with E-state index in [2.05, 4.69) is 39.0 Å². The number of amides is 1. The molecule has 8 heteroatoms. The van der Waals surface area contributed by atoms with Crippen LogP contribution in [-0.2, 0) is 6.54 Å². The Bertz CT molecular complexity index is 762. The van der Waals surface area contributed by atoms with Crippen LogP contribution in [0.4, 0.5) is 0 Å². The van der Waals surface area contributed by atoms with Crippen LogP contribution in [0, 0.1) is 20.8 Å². The van der Waals surface area contributed by atoms with E-state index in [4.69, 9.17) is 4.42 Å². The van der Waals surface area contributed by atoms with E-state index in [0.717, 1.165) is 43.1 Å². The molecule has 2 aromatic heterocycles. The Balaban J connectivity index is 1.57. The van der Waals surface area contributed by atoms with Crippen molar-refractivity contribution in [3.05, 3.63) is 41.1 Å². The van der Waals surface area contributed by atoms with E-state index in [1.165, 1.54) is 12.0 Å². The van der Waals surface area contributed by atoms with Crippen molar-refractivity contribution in [3.8, 4) is 0 Å². The summed E-state index contributed by atoms with van der Waals surface area (Å²) in [5.74, 6) is 0.962. The predicted octanol–water partition coefficient (Wildman–Crippen LogP) is 1.78. The highest BCUT2D eigenvalue weighted by atomic mass is 16.3. The van der Waals surface area contributed by atoms with Gasteiger partial charge >= 0.3 is 0 Å². The average Bonchev–Trinajstić information content (AvgIpc) is 3.21. The van der Waals surface area contributed by atoms with Gasteiger partial charge in [-0.3, -0.25) is 14.5 Å². The smallest absolute Gasteiger partial charge is 0.287 e. The predicted molar refractivity (Wildman–Crippen MR) is 106 cm³/mol. The van der Waals surface area contributed by atoms with Crippen LogP contribution in [0.15, 0.2) is 27.8 Å². The second-order valence-corrected chi connectivity index (χ2v) is 6.47. The van der Waals surface area contributed by atoms with Gasteiger partial charge in [0.2, 0.25) is 0 Å². The number of carbonyl (C=O) groups excluding carboxylic acids is 1. The van der Waals surface area contributed by atoms with E-state index in [1.807, 2.05) is 18.5 Å². The summed E-state index contributed by atoms with van der Waals surface area (Å²) in [5, 5.41) is 13.8. The Morgan fingerprint density at radius 2 is 1.85 bits per heavy atom. The zero-order valence-electron chi connectivity index (χ0n) is 16.6. The molecule has 0 aliphatic carbocycles. The van der Waals surface area contributed by atoms with Gasteiger partial charge in [-0.25, -0.2) is 0 Å². The summed E-state index contributed by atoms with van der Waals surface area (Å²) < 4.78 is 7.20. The van der Waals surface area contributed by atoms with Gasteiger partial charge in [0.1, 0.15) is 0 Å². The van der Waals surface area contributed by atoms with E-state index >= 15 is 0 Å². The molecule has 0 atom stereocenters. The van der Waals surface area contributed by atoms with Gasteiger partial charge < -0.3 is 20.4 Å². The van der Waals surface area contributed by atoms with Crippen molar-refractivity contribution in [3.63, 3.8) is 0 Å². The molecule has 2 aromatic rings. The molecule has 8 nitrogen and oxygen atoms in total. The zero-order valence-corrected chi connectivity index (χ0v) is 16.6. The molecule has 0 saturated carbocycles. The largest absolute Gasteiger partial charge is 0.459 e. The van der Waals surface area contributed by atoms with Crippen LogP contribution in [0.2, 0.25) is 0 Å². The normalized spacial score (nSPS) is 11.5. The van der Waals surface area contributed by atoms with Gasteiger partial charge in [0.25, 0.3) is 5.91 Å². The number of hydrogen-bond acceptors (Lipinski definition) is 4. The molecule has 0 radical (unpaired) electrons. The van der Waals surface area contributed by atoms with E-state index < -0.39 is 0 Å². The fourth-order valence-corrected chi connectivity index (χ4v) is 2.74. The summed E-state index contributed by atoms with van der Waals surface area (Å²) in [5.41, 5.74) is 3.07. The first-order chi connectivity index (χ1) is 13.0. The van der Waals surface area contributed by atoms with Gasteiger partial charge in [-0.1, -0.05) is 0 Å². The van der Waals surface area contributed by atoms with Gasteiger partial charge in [-0.15, -0.1) is 0 Å². The quantitative estimate of drug-likeness (QED) is 0.353. The number of nitrogens with zero attached hydrogens (tertiary/aromatic N) is 3. The number of carbonyl (C=O) groups is 1. The lowest BCUT2D eigenvalue weighted by atomic mass is 10.2. The number of aromatic nitrogens is 2. The van der Waals surface area contributed by atoms with Crippen LogP contribution in [0.1, 0.15) is 40.3 Å².